The Morgan fingerprint density at radius 2 is 2.16 bits per heavy atom. The number of carbonyl (C=O) groups is 1. The fourth-order valence-corrected chi connectivity index (χ4v) is 2.77. The van der Waals surface area contributed by atoms with Crippen molar-refractivity contribution in [3.8, 4) is 0 Å². The molecule has 106 valence electrons. The van der Waals surface area contributed by atoms with E-state index in [1.54, 1.807) is 0 Å². The maximum atomic E-state index is 11.1. The highest BCUT2D eigenvalue weighted by Gasteiger charge is 2.16. The van der Waals surface area contributed by atoms with Gasteiger partial charge in [-0.1, -0.05) is 26.0 Å². The van der Waals surface area contributed by atoms with E-state index in [0.29, 0.717) is 12.5 Å². The van der Waals surface area contributed by atoms with Gasteiger partial charge in [0.2, 0.25) is 0 Å². The average molecular weight is 281 g/mol. The predicted molar refractivity (Wildman–Crippen MR) is 80.7 cm³/mol. The van der Waals surface area contributed by atoms with Crippen molar-refractivity contribution >= 4 is 17.7 Å². The summed E-state index contributed by atoms with van der Waals surface area (Å²) in [5, 5.41) is 12.2. The normalized spacial score (nSPS) is 14.1. The topological polar surface area (TPSA) is 49.3 Å². The summed E-state index contributed by atoms with van der Waals surface area (Å²) in [6.07, 6.45) is 1.74. The van der Waals surface area contributed by atoms with Gasteiger partial charge in [0, 0.05) is 10.9 Å². The molecule has 3 nitrogen and oxygen atoms in total. The zero-order chi connectivity index (χ0) is 14.3. The second-order valence-electron chi connectivity index (χ2n) is 4.60. The second kappa shape index (κ2) is 8.23. The highest BCUT2D eigenvalue weighted by molar-refractivity contribution is 8.00. The molecule has 2 N–H and O–H groups in total. The van der Waals surface area contributed by atoms with Crippen molar-refractivity contribution in [3.63, 3.8) is 0 Å². The summed E-state index contributed by atoms with van der Waals surface area (Å²) >= 11 is 1.42. The summed E-state index contributed by atoms with van der Waals surface area (Å²) in [6.45, 7) is 7.17. The molecule has 0 saturated heterocycles. The number of thioether (sulfide) groups is 1. The van der Waals surface area contributed by atoms with E-state index in [4.69, 9.17) is 5.11 Å². The van der Waals surface area contributed by atoms with Crippen molar-refractivity contribution in [2.75, 3.05) is 6.54 Å². The van der Waals surface area contributed by atoms with Gasteiger partial charge >= 0.3 is 5.97 Å². The number of benzene rings is 1. The Hall–Kier alpha value is -1.00. The van der Waals surface area contributed by atoms with Crippen molar-refractivity contribution in [3.05, 3.63) is 29.8 Å². The van der Waals surface area contributed by atoms with Crippen LogP contribution in [0.4, 0.5) is 0 Å². The Bertz CT molecular complexity index is 409. The van der Waals surface area contributed by atoms with Crippen molar-refractivity contribution < 1.29 is 9.90 Å². The molecule has 1 aromatic carbocycles. The minimum atomic E-state index is -0.741. The molecule has 2 unspecified atom stereocenters. The van der Waals surface area contributed by atoms with Crippen molar-refractivity contribution in [2.45, 2.75) is 49.8 Å². The van der Waals surface area contributed by atoms with Gasteiger partial charge in [0.05, 0.1) is 0 Å². The lowest BCUT2D eigenvalue weighted by Crippen LogP contribution is -2.19. The lowest BCUT2D eigenvalue weighted by atomic mass is 10.1. The van der Waals surface area contributed by atoms with Gasteiger partial charge in [-0.2, -0.15) is 0 Å². The number of nitrogens with one attached hydrogen (secondary N) is 1. The van der Waals surface area contributed by atoms with Gasteiger partial charge in [-0.15, -0.1) is 11.8 Å². The van der Waals surface area contributed by atoms with Gasteiger partial charge in [0.25, 0.3) is 0 Å². The van der Waals surface area contributed by atoms with E-state index in [1.807, 2.05) is 19.1 Å². The summed E-state index contributed by atoms with van der Waals surface area (Å²) in [5.41, 5.74) is 1.21. The fourth-order valence-electron chi connectivity index (χ4n) is 1.81. The molecule has 2 atom stereocenters. The highest BCUT2D eigenvalue weighted by Crippen LogP contribution is 2.27. The minimum Gasteiger partial charge on any atom is -0.480 e. The second-order valence-corrected chi connectivity index (χ2v) is 5.88. The maximum absolute atomic E-state index is 11.1. The van der Waals surface area contributed by atoms with E-state index < -0.39 is 5.97 Å². The molecule has 0 aliphatic carbocycles. The molecule has 0 aliphatic heterocycles. The molecule has 0 bridgehead atoms. The molecule has 1 aromatic rings. The zero-order valence-electron chi connectivity index (χ0n) is 11.8. The first kappa shape index (κ1) is 16.1. The van der Waals surface area contributed by atoms with E-state index in [9.17, 15) is 4.79 Å². The van der Waals surface area contributed by atoms with Gasteiger partial charge in [-0.25, -0.2) is 0 Å². The Morgan fingerprint density at radius 3 is 2.74 bits per heavy atom. The van der Waals surface area contributed by atoms with E-state index >= 15 is 0 Å². The van der Waals surface area contributed by atoms with Crippen LogP contribution in [0, 0.1) is 0 Å². The van der Waals surface area contributed by atoms with Gasteiger partial charge in [0.1, 0.15) is 5.25 Å². The molecule has 0 aliphatic rings. The number of aliphatic carboxylic acids is 1. The number of rotatable bonds is 8. The summed E-state index contributed by atoms with van der Waals surface area (Å²) in [6, 6.07) is 8.44. The molecule has 0 fully saturated rings. The van der Waals surface area contributed by atoms with Crippen LogP contribution >= 0.6 is 11.8 Å². The van der Waals surface area contributed by atoms with Crippen LogP contribution in [0.3, 0.4) is 0 Å². The molecule has 1 rings (SSSR count). The van der Waals surface area contributed by atoms with Crippen LogP contribution in [0.1, 0.15) is 45.2 Å². The molecular formula is C15H23NO2S. The number of carboxylic acids is 1. The Labute approximate surface area is 119 Å². The summed E-state index contributed by atoms with van der Waals surface area (Å²) < 4.78 is 0. The smallest absolute Gasteiger partial charge is 0.316 e. The van der Waals surface area contributed by atoms with Crippen molar-refractivity contribution in [1.82, 2.24) is 5.32 Å². The van der Waals surface area contributed by atoms with Crippen LogP contribution in [0.15, 0.2) is 29.2 Å². The SMILES string of the molecule is CCCNC(C)c1cccc(SC(CC)C(=O)O)c1. The van der Waals surface area contributed by atoms with Crippen LogP contribution in [-0.4, -0.2) is 22.9 Å². The van der Waals surface area contributed by atoms with Gasteiger partial charge in [-0.3, -0.25) is 4.79 Å². The summed E-state index contributed by atoms with van der Waals surface area (Å²) in [5.74, 6) is -0.741. The van der Waals surface area contributed by atoms with E-state index in [2.05, 4.69) is 31.3 Å². The lowest BCUT2D eigenvalue weighted by molar-refractivity contribution is -0.136. The molecular weight excluding hydrogens is 258 g/mol. The molecule has 0 saturated carbocycles. The summed E-state index contributed by atoms with van der Waals surface area (Å²) in [7, 11) is 0. The van der Waals surface area contributed by atoms with Crippen LogP contribution in [0.5, 0.6) is 0 Å². The molecule has 0 amide bonds. The first-order valence-corrected chi connectivity index (χ1v) is 7.69. The number of hydrogen-bond donors (Lipinski definition) is 2. The van der Waals surface area contributed by atoms with E-state index in [1.165, 1.54) is 17.3 Å². The molecule has 4 heteroatoms. The van der Waals surface area contributed by atoms with Crippen molar-refractivity contribution in [1.29, 1.82) is 0 Å². The number of hydrogen-bond acceptors (Lipinski definition) is 3. The average Bonchev–Trinajstić information content (AvgIpc) is 2.42. The molecule has 0 spiro atoms. The quantitative estimate of drug-likeness (QED) is 0.713. The standard InChI is InChI=1S/C15H23NO2S/c1-4-9-16-11(3)12-7-6-8-13(10-12)19-14(5-2)15(17)18/h6-8,10-11,14,16H,4-5,9H2,1-3H3,(H,17,18). The first-order valence-electron chi connectivity index (χ1n) is 6.81. The Balaban J connectivity index is 2.73. The largest absolute Gasteiger partial charge is 0.480 e. The van der Waals surface area contributed by atoms with Crippen LogP contribution in [-0.2, 0) is 4.79 Å². The van der Waals surface area contributed by atoms with E-state index in [0.717, 1.165) is 17.9 Å². The third-order valence-electron chi connectivity index (χ3n) is 2.98. The van der Waals surface area contributed by atoms with Gasteiger partial charge < -0.3 is 10.4 Å². The summed E-state index contributed by atoms with van der Waals surface area (Å²) in [4.78, 5) is 12.1. The third-order valence-corrected chi connectivity index (χ3v) is 4.33. The highest BCUT2D eigenvalue weighted by atomic mass is 32.2. The Morgan fingerprint density at radius 1 is 1.42 bits per heavy atom. The van der Waals surface area contributed by atoms with Crippen molar-refractivity contribution in [2.24, 2.45) is 0 Å². The maximum Gasteiger partial charge on any atom is 0.316 e. The lowest BCUT2D eigenvalue weighted by Gasteiger charge is -2.15. The molecule has 19 heavy (non-hydrogen) atoms. The van der Waals surface area contributed by atoms with Gasteiger partial charge in [0.15, 0.2) is 0 Å². The van der Waals surface area contributed by atoms with Crippen LogP contribution in [0.25, 0.3) is 0 Å². The van der Waals surface area contributed by atoms with Crippen LogP contribution in [0.2, 0.25) is 0 Å². The fraction of sp³-hybridized carbons (Fsp3) is 0.533. The number of carboxylic acid groups (broad SMARTS) is 1. The Kier molecular flexibility index (Phi) is 6.95. The predicted octanol–water partition coefficient (Wildman–Crippen LogP) is 3.70. The first-order chi connectivity index (χ1) is 9.08. The third kappa shape index (κ3) is 5.25. The zero-order valence-corrected chi connectivity index (χ0v) is 12.7. The van der Waals surface area contributed by atoms with E-state index in [-0.39, 0.29) is 5.25 Å². The minimum absolute atomic E-state index is 0.297. The molecule has 0 heterocycles. The van der Waals surface area contributed by atoms with Gasteiger partial charge in [-0.05, 0) is 44.0 Å². The monoisotopic (exact) mass is 281 g/mol. The molecule has 0 aromatic heterocycles. The molecule has 0 radical (unpaired) electrons. The van der Waals surface area contributed by atoms with Crippen LogP contribution < -0.4 is 5.32 Å².